The van der Waals surface area contributed by atoms with E-state index >= 15 is 0 Å². The lowest BCUT2D eigenvalue weighted by molar-refractivity contribution is -0.928. The van der Waals surface area contributed by atoms with Crippen LogP contribution in [0.25, 0.3) is 6.08 Å². The van der Waals surface area contributed by atoms with Crippen molar-refractivity contribution in [1.82, 2.24) is 9.88 Å². The normalized spacial score (nSPS) is 24.0. The smallest absolute Gasteiger partial charge is 0.244 e. The van der Waals surface area contributed by atoms with Crippen molar-refractivity contribution < 1.29 is 9.69 Å². The van der Waals surface area contributed by atoms with Gasteiger partial charge in [-0.1, -0.05) is 0 Å². The highest BCUT2D eigenvalue weighted by atomic mass is 16.1. The van der Waals surface area contributed by atoms with E-state index in [0.717, 1.165) is 19.0 Å². The molecule has 0 radical (unpaired) electrons. The molecule has 138 valence electrons. The second kappa shape index (κ2) is 8.22. The molecule has 1 saturated heterocycles. The number of hydrogen-bond acceptors (Lipinski definition) is 1. The van der Waals surface area contributed by atoms with Crippen LogP contribution in [0.2, 0.25) is 0 Å². The van der Waals surface area contributed by atoms with Crippen molar-refractivity contribution in [3.8, 4) is 0 Å². The van der Waals surface area contributed by atoms with Gasteiger partial charge in [0, 0.05) is 36.5 Å². The first-order valence-electron chi connectivity index (χ1n) is 10.0. The molecule has 1 aromatic heterocycles. The van der Waals surface area contributed by atoms with Crippen LogP contribution in [0.1, 0.15) is 68.4 Å². The average molecular weight is 345 g/mol. The molecule has 2 aliphatic rings. The number of nitrogens with zero attached hydrogens (tertiary/aromatic N) is 1. The summed E-state index contributed by atoms with van der Waals surface area (Å²) in [5.41, 5.74) is 3.76. The summed E-state index contributed by atoms with van der Waals surface area (Å²) in [5.74, 6) is 0.0258. The molecule has 25 heavy (non-hydrogen) atoms. The standard InChI is InChI=1S/C21H33N3O/c1-16-7-4-5-13-23(16)14-6-12-22-21(25)11-8-19-15-17(2)24(18(19)3)20-9-10-20/h8,11,15-16,20H,4-7,9-10,12-14H2,1-3H3,(H,22,25)/p+1/b11-8+/t16-/m0/s1. The first-order chi connectivity index (χ1) is 12.1. The van der Waals surface area contributed by atoms with Crippen LogP contribution >= 0.6 is 0 Å². The number of amides is 1. The highest BCUT2D eigenvalue weighted by Crippen LogP contribution is 2.38. The number of nitrogens with one attached hydrogen (secondary N) is 2. The molecule has 0 bridgehead atoms. The van der Waals surface area contributed by atoms with Gasteiger partial charge in [0.1, 0.15) is 0 Å². The fraction of sp³-hybridized carbons (Fsp3) is 0.667. The van der Waals surface area contributed by atoms with Gasteiger partial charge in [-0.25, -0.2) is 0 Å². The van der Waals surface area contributed by atoms with Gasteiger partial charge in [-0.15, -0.1) is 0 Å². The van der Waals surface area contributed by atoms with Gasteiger partial charge in [-0.05, 0) is 70.6 Å². The Kier molecular flexibility index (Phi) is 6.00. The van der Waals surface area contributed by atoms with E-state index in [1.54, 1.807) is 11.0 Å². The minimum atomic E-state index is 0.0258. The second-order valence-corrected chi connectivity index (χ2v) is 7.96. The Hall–Kier alpha value is -1.55. The number of rotatable bonds is 7. The first-order valence-corrected chi connectivity index (χ1v) is 10.0. The lowest BCUT2D eigenvalue weighted by Crippen LogP contribution is -3.16. The van der Waals surface area contributed by atoms with Gasteiger partial charge < -0.3 is 14.8 Å². The molecule has 2 atom stereocenters. The number of carbonyl (C=O) groups excluding carboxylic acids is 1. The number of likely N-dealkylation sites (tertiary alicyclic amines) is 1. The molecule has 1 aromatic rings. The van der Waals surface area contributed by atoms with E-state index in [9.17, 15) is 4.79 Å². The number of aryl methyl sites for hydroxylation is 1. The van der Waals surface area contributed by atoms with E-state index in [1.807, 2.05) is 6.08 Å². The maximum atomic E-state index is 12.1. The molecular weight excluding hydrogens is 310 g/mol. The Morgan fingerprint density at radius 2 is 2.12 bits per heavy atom. The summed E-state index contributed by atoms with van der Waals surface area (Å²) in [7, 11) is 0. The van der Waals surface area contributed by atoms with Gasteiger partial charge in [0.05, 0.1) is 19.1 Å². The Morgan fingerprint density at radius 3 is 2.84 bits per heavy atom. The Morgan fingerprint density at radius 1 is 1.32 bits per heavy atom. The zero-order valence-corrected chi connectivity index (χ0v) is 16.1. The van der Waals surface area contributed by atoms with Crippen LogP contribution in [0.5, 0.6) is 0 Å². The maximum Gasteiger partial charge on any atom is 0.244 e. The summed E-state index contributed by atoms with van der Waals surface area (Å²) in [4.78, 5) is 13.8. The zero-order valence-electron chi connectivity index (χ0n) is 16.1. The predicted molar refractivity (Wildman–Crippen MR) is 103 cm³/mol. The van der Waals surface area contributed by atoms with E-state index < -0.39 is 0 Å². The SMILES string of the molecule is Cc1cc(/C=C/C(=O)NCCC[NH+]2CCCC[C@@H]2C)c(C)n1C1CC1. The minimum absolute atomic E-state index is 0.0258. The van der Waals surface area contributed by atoms with Gasteiger partial charge in [-0.2, -0.15) is 0 Å². The van der Waals surface area contributed by atoms with Gasteiger partial charge in [0.15, 0.2) is 0 Å². The fourth-order valence-corrected chi connectivity index (χ4v) is 4.24. The van der Waals surface area contributed by atoms with Crippen molar-refractivity contribution >= 4 is 12.0 Å². The first kappa shape index (κ1) is 18.2. The van der Waals surface area contributed by atoms with Gasteiger partial charge in [0.25, 0.3) is 0 Å². The summed E-state index contributed by atoms with van der Waals surface area (Å²) in [6.45, 7) is 9.92. The molecule has 4 heteroatoms. The molecule has 1 aliphatic carbocycles. The molecule has 0 spiro atoms. The maximum absolute atomic E-state index is 12.1. The monoisotopic (exact) mass is 344 g/mol. The van der Waals surface area contributed by atoms with Crippen LogP contribution in [0.15, 0.2) is 12.1 Å². The molecule has 3 rings (SSSR count). The van der Waals surface area contributed by atoms with Crippen LogP contribution in [0.4, 0.5) is 0 Å². The Labute approximate surface area is 152 Å². The third kappa shape index (κ3) is 4.75. The number of piperidine rings is 1. The van der Waals surface area contributed by atoms with Crippen molar-refractivity contribution in [2.24, 2.45) is 0 Å². The average Bonchev–Trinajstić information content (AvgIpc) is 3.37. The number of aromatic nitrogens is 1. The highest BCUT2D eigenvalue weighted by Gasteiger charge is 2.26. The molecule has 1 unspecified atom stereocenters. The lowest BCUT2D eigenvalue weighted by Gasteiger charge is -2.30. The summed E-state index contributed by atoms with van der Waals surface area (Å²) in [6, 6.07) is 3.67. The van der Waals surface area contributed by atoms with E-state index in [4.69, 9.17) is 0 Å². The van der Waals surface area contributed by atoms with Gasteiger partial charge >= 0.3 is 0 Å². The van der Waals surface area contributed by atoms with Crippen LogP contribution in [-0.4, -0.2) is 36.2 Å². The summed E-state index contributed by atoms with van der Waals surface area (Å²) in [6.07, 6.45) is 11.4. The number of hydrogen-bond donors (Lipinski definition) is 2. The van der Waals surface area contributed by atoms with Crippen LogP contribution in [0.3, 0.4) is 0 Å². The van der Waals surface area contributed by atoms with Crippen molar-refractivity contribution in [2.75, 3.05) is 19.6 Å². The summed E-state index contributed by atoms with van der Waals surface area (Å²) >= 11 is 0. The van der Waals surface area contributed by atoms with Gasteiger partial charge in [-0.3, -0.25) is 4.79 Å². The van der Waals surface area contributed by atoms with Gasteiger partial charge in [0.2, 0.25) is 5.91 Å². The molecular formula is C21H34N3O+. The number of carbonyl (C=O) groups is 1. The van der Waals surface area contributed by atoms with Crippen molar-refractivity contribution in [1.29, 1.82) is 0 Å². The van der Waals surface area contributed by atoms with Crippen LogP contribution in [-0.2, 0) is 4.79 Å². The highest BCUT2D eigenvalue weighted by molar-refractivity contribution is 5.91. The molecule has 1 amide bonds. The Bertz CT molecular complexity index is 627. The molecule has 2 heterocycles. The summed E-state index contributed by atoms with van der Waals surface area (Å²) < 4.78 is 2.42. The third-order valence-corrected chi connectivity index (χ3v) is 5.91. The van der Waals surface area contributed by atoms with Crippen LogP contribution < -0.4 is 10.2 Å². The Balaban J connectivity index is 1.42. The van der Waals surface area contributed by atoms with E-state index in [0.29, 0.717) is 6.04 Å². The van der Waals surface area contributed by atoms with Crippen molar-refractivity contribution in [3.05, 3.63) is 29.1 Å². The second-order valence-electron chi connectivity index (χ2n) is 7.96. The predicted octanol–water partition coefficient (Wildman–Crippen LogP) is 2.42. The summed E-state index contributed by atoms with van der Waals surface area (Å²) in [5, 5.41) is 3.04. The van der Waals surface area contributed by atoms with E-state index in [2.05, 4.69) is 36.7 Å². The van der Waals surface area contributed by atoms with Crippen LogP contribution in [0, 0.1) is 13.8 Å². The largest absolute Gasteiger partial charge is 0.352 e. The molecule has 2 fully saturated rings. The number of quaternary nitrogens is 1. The quantitative estimate of drug-likeness (QED) is 0.579. The molecule has 1 saturated carbocycles. The van der Waals surface area contributed by atoms with E-state index in [1.165, 1.54) is 62.1 Å². The van der Waals surface area contributed by atoms with E-state index in [-0.39, 0.29) is 5.91 Å². The fourth-order valence-electron chi connectivity index (χ4n) is 4.24. The molecule has 0 aromatic carbocycles. The molecule has 1 aliphatic heterocycles. The topological polar surface area (TPSA) is 38.5 Å². The van der Waals surface area contributed by atoms with Crippen molar-refractivity contribution in [3.63, 3.8) is 0 Å². The third-order valence-electron chi connectivity index (χ3n) is 5.91. The molecule has 4 nitrogen and oxygen atoms in total. The van der Waals surface area contributed by atoms with Crippen molar-refractivity contribution in [2.45, 2.75) is 71.4 Å². The minimum Gasteiger partial charge on any atom is -0.352 e. The zero-order chi connectivity index (χ0) is 17.8. The lowest BCUT2D eigenvalue weighted by atomic mass is 10.0. The molecule has 2 N–H and O–H groups in total.